The Kier molecular flexibility index (Phi) is 3.10. The van der Waals surface area contributed by atoms with Crippen LogP contribution in [-0.4, -0.2) is 22.7 Å². The number of hydrogen-bond donors (Lipinski definition) is 1. The van der Waals surface area contributed by atoms with Gasteiger partial charge in [0.05, 0.1) is 30.2 Å². The van der Waals surface area contributed by atoms with Crippen molar-refractivity contribution >= 4 is 11.6 Å². The molecule has 1 fully saturated rings. The SMILES string of the molecule is Cc1ccc2n1-c1ccccc1CN=C2CNC(=O)C1CC1. The Labute approximate surface area is 129 Å². The number of para-hydroxylation sites is 1. The van der Waals surface area contributed by atoms with Crippen molar-refractivity contribution in [3.8, 4) is 5.69 Å². The minimum Gasteiger partial charge on any atom is -0.350 e. The van der Waals surface area contributed by atoms with E-state index in [0.29, 0.717) is 13.1 Å². The monoisotopic (exact) mass is 293 g/mol. The molecule has 1 aliphatic heterocycles. The third kappa shape index (κ3) is 2.25. The van der Waals surface area contributed by atoms with E-state index < -0.39 is 0 Å². The van der Waals surface area contributed by atoms with Gasteiger partial charge in [-0.2, -0.15) is 0 Å². The van der Waals surface area contributed by atoms with Gasteiger partial charge in [-0.25, -0.2) is 0 Å². The van der Waals surface area contributed by atoms with Crippen molar-refractivity contribution in [3.63, 3.8) is 0 Å². The zero-order chi connectivity index (χ0) is 15.1. The zero-order valence-corrected chi connectivity index (χ0v) is 12.7. The Hall–Kier alpha value is -2.36. The van der Waals surface area contributed by atoms with Gasteiger partial charge in [-0.3, -0.25) is 9.79 Å². The normalized spacial score (nSPS) is 16.3. The second kappa shape index (κ2) is 5.13. The summed E-state index contributed by atoms with van der Waals surface area (Å²) in [5.41, 5.74) is 5.63. The molecule has 0 bridgehead atoms. The molecule has 2 heterocycles. The molecule has 1 amide bonds. The van der Waals surface area contributed by atoms with Crippen molar-refractivity contribution in [1.29, 1.82) is 0 Å². The predicted octanol–water partition coefficient (Wildman–Crippen LogP) is 2.61. The molecule has 2 aliphatic rings. The van der Waals surface area contributed by atoms with Crippen molar-refractivity contribution in [1.82, 2.24) is 9.88 Å². The summed E-state index contributed by atoms with van der Waals surface area (Å²) in [4.78, 5) is 16.6. The van der Waals surface area contributed by atoms with Crippen LogP contribution in [-0.2, 0) is 11.3 Å². The van der Waals surface area contributed by atoms with Gasteiger partial charge in [0, 0.05) is 11.6 Å². The van der Waals surface area contributed by atoms with Gasteiger partial charge in [0.2, 0.25) is 5.91 Å². The number of carbonyl (C=O) groups is 1. The molecule has 4 rings (SSSR count). The number of aliphatic imine (C=N–C) groups is 1. The lowest BCUT2D eigenvalue weighted by atomic mass is 10.1. The van der Waals surface area contributed by atoms with Gasteiger partial charge in [0.25, 0.3) is 0 Å². The van der Waals surface area contributed by atoms with Crippen LogP contribution in [0.3, 0.4) is 0 Å². The summed E-state index contributed by atoms with van der Waals surface area (Å²) in [6.07, 6.45) is 2.05. The topological polar surface area (TPSA) is 46.4 Å². The van der Waals surface area contributed by atoms with Gasteiger partial charge < -0.3 is 9.88 Å². The Morgan fingerprint density at radius 2 is 2.09 bits per heavy atom. The average molecular weight is 293 g/mol. The number of rotatable bonds is 3. The molecule has 4 nitrogen and oxygen atoms in total. The van der Waals surface area contributed by atoms with Crippen LogP contribution in [0.2, 0.25) is 0 Å². The molecule has 22 heavy (non-hydrogen) atoms. The third-order valence-corrected chi connectivity index (χ3v) is 4.42. The maximum absolute atomic E-state index is 11.9. The van der Waals surface area contributed by atoms with E-state index in [1.54, 1.807) is 0 Å². The molecule has 0 atom stereocenters. The number of carbonyl (C=O) groups excluding carboxylic acids is 1. The fourth-order valence-electron chi connectivity index (χ4n) is 3.02. The number of amides is 1. The lowest BCUT2D eigenvalue weighted by Crippen LogP contribution is -2.31. The van der Waals surface area contributed by atoms with Crippen LogP contribution in [0, 0.1) is 12.8 Å². The van der Waals surface area contributed by atoms with Crippen molar-refractivity contribution in [3.05, 3.63) is 53.3 Å². The summed E-state index contributed by atoms with van der Waals surface area (Å²) in [6.45, 7) is 3.27. The van der Waals surface area contributed by atoms with Crippen LogP contribution in [0.1, 0.15) is 29.8 Å². The first-order valence-electron chi connectivity index (χ1n) is 7.82. The van der Waals surface area contributed by atoms with Gasteiger partial charge in [-0.15, -0.1) is 0 Å². The second-order valence-electron chi connectivity index (χ2n) is 6.08. The minimum atomic E-state index is 0.166. The fraction of sp³-hybridized carbons (Fsp3) is 0.333. The van der Waals surface area contributed by atoms with Gasteiger partial charge in [-0.1, -0.05) is 18.2 Å². The van der Waals surface area contributed by atoms with E-state index in [0.717, 1.165) is 24.2 Å². The van der Waals surface area contributed by atoms with Crippen LogP contribution < -0.4 is 5.32 Å². The quantitative estimate of drug-likeness (QED) is 0.929. The molecular weight excluding hydrogens is 274 g/mol. The molecule has 1 aromatic heterocycles. The molecule has 1 aliphatic carbocycles. The molecule has 0 spiro atoms. The fourth-order valence-corrected chi connectivity index (χ4v) is 3.02. The van der Waals surface area contributed by atoms with E-state index in [1.807, 2.05) is 6.07 Å². The Bertz CT molecular complexity index is 768. The van der Waals surface area contributed by atoms with Gasteiger partial charge in [-0.05, 0) is 43.5 Å². The van der Waals surface area contributed by atoms with Gasteiger partial charge >= 0.3 is 0 Å². The first-order chi connectivity index (χ1) is 10.7. The molecular formula is C18H19N3O. The van der Waals surface area contributed by atoms with E-state index in [1.165, 1.54) is 16.9 Å². The van der Waals surface area contributed by atoms with Crippen molar-refractivity contribution in [2.24, 2.45) is 10.9 Å². The van der Waals surface area contributed by atoms with E-state index in [9.17, 15) is 4.79 Å². The standard InChI is InChI=1S/C18H19N3O/c1-12-6-9-17-15(11-20-18(22)13-7-8-13)19-10-14-4-2-3-5-16(14)21(12)17/h2-6,9,13H,7-8,10-11H2,1H3,(H,20,22). The first kappa shape index (κ1) is 13.3. The number of aryl methyl sites for hydroxylation is 1. The largest absolute Gasteiger partial charge is 0.350 e. The number of hydrogen-bond acceptors (Lipinski definition) is 2. The highest BCUT2D eigenvalue weighted by molar-refractivity contribution is 6.03. The molecule has 2 aromatic rings. The smallest absolute Gasteiger partial charge is 0.223 e. The van der Waals surface area contributed by atoms with E-state index >= 15 is 0 Å². The predicted molar refractivity (Wildman–Crippen MR) is 86.5 cm³/mol. The second-order valence-corrected chi connectivity index (χ2v) is 6.08. The summed E-state index contributed by atoms with van der Waals surface area (Å²) < 4.78 is 2.24. The van der Waals surface area contributed by atoms with Gasteiger partial charge in [0.1, 0.15) is 0 Å². The number of aromatic nitrogens is 1. The van der Waals surface area contributed by atoms with E-state index in [-0.39, 0.29) is 11.8 Å². The number of benzene rings is 1. The highest BCUT2D eigenvalue weighted by atomic mass is 16.2. The molecule has 0 saturated heterocycles. The van der Waals surface area contributed by atoms with Crippen molar-refractivity contribution < 1.29 is 4.79 Å². The van der Waals surface area contributed by atoms with Crippen LogP contribution in [0.25, 0.3) is 5.69 Å². The molecule has 0 radical (unpaired) electrons. The summed E-state index contributed by atoms with van der Waals surface area (Å²) >= 11 is 0. The Balaban J connectivity index is 1.69. The molecule has 112 valence electrons. The number of nitrogens with one attached hydrogen (secondary N) is 1. The molecule has 1 aromatic carbocycles. The third-order valence-electron chi connectivity index (χ3n) is 4.42. The van der Waals surface area contributed by atoms with E-state index in [4.69, 9.17) is 4.99 Å². The molecule has 1 N–H and O–H groups in total. The summed E-state index contributed by atoms with van der Waals surface area (Å²) in [6, 6.07) is 12.6. The molecule has 0 unspecified atom stereocenters. The number of nitrogens with zero attached hydrogens (tertiary/aromatic N) is 2. The van der Waals surface area contributed by atoms with E-state index in [2.05, 4.69) is 47.1 Å². The van der Waals surface area contributed by atoms with Crippen LogP contribution in [0.15, 0.2) is 41.4 Å². The van der Waals surface area contributed by atoms with Crippen molar-refractivity contribution in [2.75, 3.05) is 6.54 Å². The van der Waals surface area contributed by atoms with Crippen LogP contribution >= 0.6 is 0 Å². The molecule has 1 saturated carbocycles. The van der Waals surface area contributed by atoms with Crippen LogP contribution in [0.4, 0.5) is 0 Å². The minimum absolute atomic E-state index is 0.166. The first-order valence-corrected chi connectivity index (χ1v) is 7.82. The average Bonchev–Trinajstić information content (AvgIpc) is 3.33. The summed E-state index contributed by atoms with van der Waals surface area (Å²) in [5, 5.41) is 3.04. The maximum atomic E-state index is 11.9. The summed E-state index contributed by atoms with van der Waals surface area (Å²) in [5.74, 6) is 0.399. The lowest BCUT2D eigenvalue weighted by Gasteiger charge is -2.13. The maximum Gasteiger partial charge on any atom is 0.223 e. The highest BCUT2D eigenvalue weighted by Gasteiger charge is 2.29. The lowest BCUT2D eigenvalue weighted by molar-refractivity contribution is -0.121. The summed E-state index contributed by atoms with van der Waals surface area (Å²) in [7, 11) is 0. The zero-order valence-electron chi connectivity index (χ0n) is 12.7. The number of fused-ring (bicyclic) bond motifs is 3. The Morgan fingerprint density at radius 3 is 2.91 bits per heavy atom. The van der Waals surface area contributed by atoms with Gasteiger partial charge in [0.15, 0.2) is 0 Å². The molecule has 4 heteroatoms. The van der Waals surface area contributed by atoms with Crippen LogP contribution in [0.5, 0.6) is 0 Å². The van der Waals surface area contributed by atoms with Crippen molar-refractivity contribution in [2.45, 2.75) is 26.3 Å². The Morgan fingerprint density at radius 1 is 1.27 bits per heavy atom. The highest BCUT2D eigenvalue weighted by Crippen LogP contribution is 2.29.